The number of halogens is 3. The van der Waals surface area contributed by atoms with E-state index in [1.807, 2.05) is 0 Å². The standard InChI is InChI=1S/C10H12F3NO5/c1-19-8(18)9(5-6(15)16)3-2-4-14(9)7(17)10(11,12)13/h2-5H2,1H3,(H,15,16). The van der Waals surface area contributed by atoms with Crippen molar-refractivity contribution in [2.75, 3.05) is 13.7 Å². The van der Waals surface area contributed by atoms with Gasteiger partial charge < -0.3 is 14.7 Å². The number of carboxylic acids is 1. The third kappa shape index (κ3) is 2.79. The molecule has 0 bridgehead atoms. The predicted octanol–water partition coefficient (Wildman–Crippen LogP) is 0.558. The molecule has 0 aromatic heterocycles. The number of ether oxygens (including phenoxy) is 1. The molecular weight excluding hydrogens is 271 g/mol. The number of carbonyl (C=O) groups excluding carboxylic acids is 2. The van der Waals surface area contributed by atoms with Crippen LogP contribution < -0.4 is 0 Å². The highest BCUT2D eigenvalue weighted by atomic mass is 19.4. The smallest absolute Gasteiger partial charge is 0.471 e. The van der Waals surface area contributed by atoms with Crippen LogP contribution in [0.15, 0.2) is 0 Å². The zero-order valence-corrected chi connectivity index (χ0v) is 9.99. The third-order valence-corrected chi connectivity index (χ3v) is 2.99. The zero-order chi connectivity index (χ0) is 14.8. The molecule has 1 atom stereocenters. The average Bonchev–Trinajstić information content (AvgIpc) is 2.69. The Bertz CT molecular complexity index is 408. The van der Waals surface area contributed by atoms with Crippen molar-refractivity contribution in [3.05, 3.63) is 0 Å². The molecule has 0 radical (unpaired) electrons. The highest BCUT2D eigenvalue weighted by Gasteiger charge is 2.57. The Morgan fingerprint density at radius 2 is 1.95 bits per heavy atom. The molecule has 0 aromatic carbocycles. The summed E-state index contributed by atoms with van der Waals surface area (Å²) >= 11 is 0. The normalized spacial score (nSPS) is 23.3. The van der Waals surface area contributed by atoms with Gasteiger partial charge in [0.05, 0.1) is 13.5 Å². The van der Waals surface area contributed by atoms with Gasteiger partial charge in [-0.15, -0.1) is 0 Å². The number of hydrogen-bond donors (Lipinski definition) is 1. The molecular formula is C10H12F3NO5. The van der Waals surface area contributed by atoms with E-state index in [0.29, 0.717) is 0 Å². The number of hydrogen-bond acceptors (Lipinski definition) is 4. The summed E-state index contributed by atoms with van der Waals surface area (Å²) in [5.74, 6) is -4.85. The molecule has 1 fully saturated rings. The average molecular weight is 283 g/mol. The van der Waals surface area contributed by atoms with Crippen molar-refractivity contribution >= 4 is 17.8 Å². The van der Waals surface area contributed by atoms with Gasteiger partial charge in [-0.25, -0.2) is 4.79 Å². The van der Waals surface area contributed by atoms with E-state index in [2.05, 4.69) is 4.74 Å². The van der Waals surface area contributed by atoms with Crippen molar-refractivity contribution in [2.45, 2.75) is 31.0 Å². The number of amides is 1. The maximum Gasteiger partial charge on any atom is 0.471 e. The first kappa shape index (κ1) is 15.3. The van der Waals surface area contributed by atoms with E-state index in [9.17, 15) is 27.6 Å². The second-order valence-electron chi connectivity index (χ2n) is 4.15. The first-order chi connectivity index (χ1) is 8.65. The Morgan fingerprint density at radius 1 is 1.37 bits per heavy atom. The minimum absolute atomic E-state index is 0.101. The van der Waals surface area contributed by atoms with Crippen molar-refractivity contribution in [3.8, 4) is 0 Å². The van der Waals surface area contributed by atoms with E-state index in [-0.39, 0.29) is 24.3 Å². The molecule has 1 heterocycles. The number of alkyl halides is 3. The van der Waals surface area contributed by atoms with Gasteiger partial charge in [0.2, 0.25) is 0 Å². The Kier molecular flexibility index (Phi) is 4.06. The first-order valence-corrected chi connectivity index (χ1v) is 5.34. The quantitative estimate of drug-likeness (QED) is 0.765. The lowest BCUT2D eigenvalue weighted by atomic mass is 9.91. The predicted molar refractivity (Wildman–Crippen MR) is 54.0 cm³/mol. The molecule has 0 aliphatic carbocycles. The van der Waals surface area contributed by atoms with Crippen molar-refractivity contribution in [2.24, 2.45) is 0 Å². The monoisotopic (exact) mass is 283 g/mol. The lowest BCUT2D eigenvalue weighted by Crippen LogP contribution is -2.57. The molecule has 0 spiro atoms. The number of methoxy groups -OCH3 is 1. The van der Waals surface area contributed by atoms with E-state index >= 15 is 0 Å². The molecule has 19 heavy (non-hydrogen) atoms. The fourth-order valence-corrected chi connectivity index (χ4v) is 2.24. The topological polar surface area (TPSA) is 83.9 Å². The maximum absolute atomic E-state index is 12.5. The van der Waals surface area contributed by atoms with Gasteiger partial charge in [-0.1, -0.05) is 0 Å². The summed E-state index contributed by atoms with van der Waals surface area (Å²) in [5.41, 5.74) is -2.08. The van der Waals surface area contributed by atoms with Gasteiger partial charge >= 0.3 is 24.0 Å². The molecule has 1 amide bonds. The highest BCUT2D eigenvalue weighted by molar-refractivity contribution is 5.93. The Morgan fingerprint density at radius 3 is 2.37 bits per heavy atom. The molecule has 1 saturated heterocycles. The lowest BCUT2D eigenvalue weighted by Gasteiger charge is -2.34. The minimum Gasteiger partial charge on any atom is -0.481 e. The fourth-order valence-electron chi connectivity index (χ4n) is 2.24. The van der Waals surface area contributed by atoms with Gasteiger partial charge in [0.15, 0.2) is 5.54 Å². The molecule has 1 aliphatic rings. The second-order valence-corrected chi connectivity index (χ2v) is 4.15. The summed E-state index contributed by atoms with van der Waals surface area (Å²) in [6.45, 7) is -0.333. The molecule has 108 valence electrons. The van der Waals surface area contributed by atoms with Gasteiger partial charge in [-0.2, -0.15) is 13.2 Å². The second kappa shape index (κ2) is 5.06. The van der Waals surface area contributed by atoms with Crippen molar-refractivity contribution in [1.82, 2.24) is 4.90 Å². The van der Waals surface area contributed by atoms with Crippen LogP contribution in [-0.2, 0) is 19.1 Å². The van der Waals surface area contributed by atoms with E-state index in [4.69, 9.17) is 5.11 Å². The summed E-state index contributed by atoms with van der Waals surface area (Å²) in [6.07, 6.45) is -6.15. The van der Waals surface area contributed by atoms with E-state index in [1.54, 1.807) is 0 Å². The Labute approximate surface area is 106 Å². The third-order valence-electron chi connectivity index (χ3n) is 2.99. The maximum atomic E-state index is 12.5. The van der Waals surface area contributed by atoms with Gasteiger partial charge in [0, 0.05) is 6.54 Å². The highest BCUT2D eigenvalue weighted by Crippen LogP contribution is 2.37. The number of nitrogens with zero attached hydrogens (tertiary/aromatic N) is 1. The molecule has 1 aliphatic heterocycles. The SMILES string of the molecule is COC(=O)C1(CC(=O)O)CCCN1C(=O)C(F)(F)F. The summed E-state index contributed by atoms with van der Waals surface area (Å²) < 4.78 is 41.7. The van der Waals surface area contributed by atoms with Gasteiger partial charge in [0.1, 0.15) is 0 Å². The number of carboxylic acid groups (broad SMARTS) is 1. The van der Waals surface area contributed by atoms with Crippen molar-refractivity contribution < 1.29 is 37.4 Å². The number of esters is 1. The molecule has 0 aromatic rings. The number of rotatable bonds is 3. The number of likely N-dealkylation sites (tertiary alicyclic amines) is 1. The largest absolute Gasteiger partial charge is 0.481 e. The summed E-state index contributed by atoms with van der Waals surface area (Å²) in [6, 6.07) is 0. The molecule has 9 heteroatoms. The fraction of sp³-hybridized carbons (Fsp3) is 0.700. The Balaban J connectivity index is 3.17. The Hall–Kier alpha value is -1.80. The van der Waals surface area contributed by atoms with Gasteiger partial charge in [-0.05, 0) is 12.8 Å². The first-order valence-electron chi connectivity index (χ1n) is 5.34. The molecule has 1 rings (SSSR count). The van der Waals surface area contributed by atoms with Crippen LogP contribution in [0.4, 0.5) is 13.2 Å². The van der Waals surface area contributed by atoms with Crippen LogP contribution in [0.5, 0.6) is 0 Å². The van der Waals surface area contributed by atoms with Crippen LogP contribution in [-0.4, -0.2) is 53.2 Å². The van der Waals surface area contributed by atoms with Crippen molar-refractivity contribution in [3.63, 3.8) is 0 Å². The number of aliphatic carboxylic acids is 1. The lowest BCUT2D eigenvalue weighted by molar-refractivity contribution is -0.194. The number of carbonyl (C=O) groups is 3. The molecule has 0 saturated carbocycles. The molecule has 1 unspecified atom stereocenters. The van der Waals surface area contributed by atoms with Gasteiger partial charge in [-0.3, -0.25) is 9.59 Å². The molecule has 6 nitrogen and oxygen atoms in total. The van der Waals surface area contributed by atoms with Crippen LogP contribution in [0, 0.1) is 0 Å². The zero-order valence-electron chi connectivity index (χ0n) is 9.99. The van der Waals surface area contributed by atoms with Gasteiger partial charge in [0.25, 0.3) is 0 Å². The summed E-state index contributed by atoms with van der Waals surface area (Å²) in [5, 5.41) is 8.76. The summed E-state index contributed by atoms with van der Waals surface area (Å²) in [4.78, 5) is 34.0. The minimum atomic E-state index is -5.16. The van der Waals surface area contributed by atoms with Crippen molar-refractivity contribution in [1.29, 1.82) is 0 Å². The van der Waals surface area contributed by atoms with E-state index < -0.39 is 36.0 Å². The van der Waals surface area contributed by atoms with E-state index in [1.165, 1.54) is 0 Å². The van der Waals surface area contributed by atoms with Crippen LogP contribution in [0.1, 0.15) is 19.3 Å². The van der Waals surface area contributed by atoms with Crippen LogP contribution >= 0.6 is 0 Å². The van der Waals surface area contributed by atoms with Crippen LogP contribution in [0.3, 0.4) is 0 Å². The van der Waals surface area contributed by atoms with Crippen LogP contribution in [0.2, 0.25) is 0 Å². The van der Waals surface area contributed by atoms with E-state index in [0.717, 1.165) is 7.11 Å². The summed E-state index contributed by atoms with van der Waals surface area (Å²) in [7, 11) is 0.931. The van der Waals surface area contributed by atoms with Crippen LogP contribution in [0.25, 0.3) is 0 Å². The molecule has 1 N–H and O–H groups in total.